The van der Waals surface area contributed by atoms with Gasteiger partial charge in [-0.2, -0.15) is 0 Å². The molecule has 276 valence electrons. The highest BCUT2D eigenvalue weighted by molar-refractivity contribution is 7.09. The molecule has 9 nitrogen and oxygen atoms in total. The number of hydrogen-bond acceptors (Lipinski definition) is 6. The van der Waals surface area contributed by atoms with E-state index in [2.05, 4.69) is 53.8 Å². The van der Waals surface area contributed by atoms with Gasteiger partial charge in [0.2, 0.25) is 23.6 Å². The number of rotatable bonds is 18. The molecule has 8 N–H and O–H groups in total. The molecule has 0 spiro atoms. The zero-order valence-electron chi connectivity index (χ0n) is 30.1. The highest BCUT2D eigenvalue weighted by atomic mass is 32.1. The van der Waals surface area contributed by atoms with E-state index in [1.54, 1.807) is 30.4 Å². The van der Waals surface area contributed by atoms with Crippen molar-refractivity contribution in [2.45, 2.75) is 70.4 Å². The molecule has 4 rings (SSSR count). The first-order valence-corrected chi connectivity index (χ1v) is 18.4. The Bertz CT molecular complexity index is 1740. The summed E-state index contributed by atoms with van der Waals surface area (Å²) in [6.07, 6.45) is 10.5. The van der Waals surface area contributed by atoms with Gasteiger partial charge in [-0.15, -0.1) is 11.3 Å². The van der Waals surface area contributed by atoms with Crippen LogP contribution in [0.2, 0.25) is 0 Å². The summed E-state index contributed by atoms with van der Waals surface area (Å²) in [5, 5.41) is 10.1. The van der Waals surface area contributed by atoms with Crippen LogP contribution >= 0.6 is 11.3 Å². The Balaban J connectivity index is 0.000000321. The lowest BCUT2D eigenvalue weighted by Crippen LogP contribution is -2.45. The molecule has 2 unspecified atom stereocenters. The van der Waals surface area contributed by atoms with Gasteiger partial charge in [-0.1, -0.05) is 124 Å². The summed E-state index contributed by atoms with van der Waals surface area (Å²) < 4.78 is 0. The van der Waals surface area contributed by atoms with Gasteiger partial charge in [0.05, 0.1) is 6.04 Å². The fourth-order valence-electron chi connectivity index (χ4n) is 5.03. The van der Waals surface area contributed by atoms with Crippen LogP contribution in [0.4, 0.5) is 0 Å². The standard InChI is InChI=1S/C20H20N2O2S.C19H26N2O.C3H7NO/c21-20(24)18(13-17-6-3-11-25-17)22-19(23)10-8-14-7-9-15-4-1-2-5-16(15)12-14;1-3-11-16(4-2)19(17-12-7-5-8-13-17)21-18(22)14-9-6-10-15-20;1-2-3(4)5/h1-7,9,11-12,18H,8,10,13H2,(H2,21,24)(H,22,23);3-5,7-8,11-13,19H,1-2,6,9-10,14-15,20H2,(H,21,22);2H2,1H3,(H2,4,5)/b;16-11+;. The number of unbranched alkanes of at least 4 members (excludes halogenated alkanes) is 2. The molecule has 4 aromatic rings. The van der Waals surface area contributed by atoms with E-state index in [9.17, 15) is 19.2 Å². The highest BCUT2D eigenvalue weighted by Crippen LogP contribution is 2.23. The van der Waals surface area contributed by atoms with E-state index >= 15 is 0 Å². The largest absolute Gasteiger partial charge is 0.370 e. The van der Waals surface area contributed by atoms with Gasteiger partial charge in [0.1, 0.15) is 6.04 Å². The highest BCUT2D eigenvalue weighted by Gasteiger charge is 2.19. The van der Waals surface area contributed by atoms with Crippen LogP contribution in [0.3, 0.4) is 0 Å². The van der Waals surface area contributed by atoms with E-state index in [1.807, 2.05) is 72.1 Å². The summed E-state index contributed by atoms with van der Waals surface area (Å²) >= 11 is 1.55. The maximum absolute atomic E-state index is 12.2. The fraction of sp³-hybridized carbons (Fsp3) is 0.286. The minimum atomic E-state index is -0.664. The molecule has 2 atom stereocenters. The SMILES string of the molecule is C=C/C=C(\C=C)C(NC(=O)CCCCCN)c1ccccc1.CCC(N)=O.NC(=O)C(Cc1cccs1)NC(=O)CCc1ccc2ccccc2c1. The molecule has 0 fully saturated rings. The van der Waals surface area contributed by atoms with Crippen molar-refractivity contribution in [3.8, 4) is 0 Å². The van der Waals surface area contributed by atoms with Gasteiger partial charge in [0.25, 0.3) is 0 Å². The Morgan fingerprint density at radius 2 is 1.48 bits per heavy atom. The fourth-order valence-corrected chi connectivity index (χ4v) is 5.79. The van der Waals surface area contributed by atoms with Gasteiger partial charge in [0, 0.05) is 30.6 Å². The van der Waals surface area contributed by atoms with Crippen molar-refractivity contribution in [2.24, 2.45) is 17.2 Å². The number of carbonyl (C=O) groups is 4. The van der Waals surface area contributed by atoms with Crippen molar-refractivity contribution in [3.05, 3.63) is 143 Å². The first-order valence-electron chi connectivity index (χ1n) is 17.5. The maximum Gasteiger partial charge on any atom is 0.240 e. The number of benzene rings is 3. The summed E-state index contributed by atoms with van der Waals surface area (Å²) in [5.41, 5.74) is 18.6. The van der Waals surface area contributed by atoms with E-state index in [0.29, 0.717) is 38.6 Å². The maximum atomic E-state index is 12.2. The summed E-state index contributed by atoms with van der Waals surface area (Å²) in [5.74, 6) is -0.867. The normalized spacial score (nSPS) is 11.8. The Kier molecular flexibility index (Phi) is 20.4. The molecular weight excluding hydrogens is 671 g/mol. The number of primary amides is 2. The van der Waals surface area contributed by atoms with Crippen molar-refractivity contribution in [1.82, 2.24) is 10.6 Å². The van der Waals surface area contributed by atoms with Crippen molar-refractivity contribution < 1.29 is 19.2 Å². The quantitative estimate of drug-likeness (QED) is 0.0575. The summed E-state index contributed by atoms with van der Waals surface area (Å²) in [6, 6.07) is 27.2. The van der Waals surface area contributed by atoms with Gasteiger partial charge in [-0.05, 0) is 64.7 Å². The molecular formula is C42H53N5O4S. The van der Waals surface area contributed by atoms with Gasteiger partial charge < -0.3 is 27.8 Å². The molecule has 0 saturated heterocycles. The van der Waals surface area contributed by atoms with Crippen LogP contribution in [0.1, 0.15) is 67.5 Å². The summed E-state index contributed by atoms with van der Waals surface area (Å²) in [7, 11) is 0. The number of fused-ring (bicyclic) bond motifs is 1. The van der Waals surface area contributed by atoms with E-state index < -0.39 is 11.9 Å². The van der Waals surface area contributed by atoms with Gasteiger partial charge in [-0.25, -0.2) is 0 Å². The average molecular weight is 724 g/mol. The van der Waals surface area contributed by atoms with Crippen LogP contribution in [0.5, 0.6) is 0 Å². The molecule has 0 aliphatic carbocycles. The van der Waals surface area contributed by atoms with Crippen molar-refractivity contribution in [1.29, 1.82) is 0 Å². The molecule has 0 aliphatic heterocycles. The molecule has 4 amide bonds. The van der Waals surface area contributed by atoms with Crippen LogP contribution in [0, 0.1) is 0 Å². The third-order valence-electron chi connectivity index (χ3n) is 7.89. The van der Waals surface area contributed by atoms with E-state index in [1.165, 1.54) is 5.39 Å². The topological polar surface area (TPSA) is 170 Å². The summed E-state index contributed by atoms with van der Waals surface area (Å²) in [4.78, 5) is 46.6. The number of carbonyl (C=O) groups excluding carboxylic acids is 4. The van der Waals surface area contributed by atoms with Crippen molar-refractivity contribution in [3.63, 3.8) is 0 Å². The number of hydrogen-bond donors (Lipinski definition) is 5. The lowest BCUT2D eigenvalue weighted by atomic mass is 9.97. The monoisotopic (exact) mass is 723 g/mol. The first-order chi connectivity index (χ1) is 25.1. The average Bonchev–Trinajstić information content (AvgIpc) is 3.67. The minimum absolute atomic E-state index is 0.0442. The molecule has 1 heterocycles. The number of amides is 4. The van der Waals surface area contributed by atoms with E-state index in [-0.39, 0.29) is 23.8 Å². The zero-order chi connectivity index (χ0) is 38.1. The molecule has 3 aromatic carbocycles. The van der Waals surface area contributed by atoms with Crippen molar-refractivity contribution in [2.75, 3.05) is 6.54 Å². The van der Waals surface area contributed by atoms with E-state index in [0.717, 1.165) is 46.2 Å². The molecule has 0 radical (unpaired) electrons. The Labute approximate surface area is 312 Å². The number of aryl methyl sites for hydroxylation is 1. The van der Waals surface area contributed by atoms with Crippen LogP contribution in [0.15, 0.2) is 127 Å². The Hall–Kier alpha value is -5.32. The summed E-state index contributed by atoms with van der Waals surface area (Å²) in [6.45, 7) is 9.97. The van der Waals surface area contributed by atoms with Crippen molar-refractivity contribution >= 4 is 45.7 Å². The number of allylic oxidation sites excluding steroid dienone is 2. The predicted octanol–water partition coefficient (Wildman–Crippen LogP) is 6.59. The molecule has 0 saturated carbocycles. The minimum Gasteiger partial charge on any atom is -0.370 e. The molecule has 0 aliphatic rings. The zero-order valence-corrected chi connectivity index (χ0v) is 30.9. The van der Waals surface area contributed by atoms with Crippen LogP contribution in [-0.2, 0) is 32.0 Å². The lowest BCUT2D eigenvalue weighted by molar-refractivity contribution is -0.127. The van der Waals surface area contributed by atoms with Gasteiger partial charge >= 0.3 is 0 Å². The molecule has 1 aromatic heterocycles. The Morgan fingerprint density at radius 3 is 2.08 bits per heavy atom. The lowest BCUT2D eigenvalue weighted by Gasteiger charge is -2.20. The number of thiophene rings is 1. The number of nitrogens with one attached hydrogen (secondary N) is 2. The molecule has 10 heteroatoms. The molecule has 0 bridgehead atoms. The predicted molar refractivity (Wildman–Crippen MR) is 214 cm³/mol. The second-order valence-corrected chi connectivity index (χ2v) is 13.0. The third-order valence-corrected chi connectivity index (χ3v) is 8.79. The number of nitrogens with two attached hydrogens (primary N) is 3. The van der Waals surface area contributed by atoms with Crippen LogP contribution < -0.4 is 27.8 Å². The second kappa shape index (κ2) is 24.8. The van der Waals surface area contributed by atoms with Crippen LogP contribution in [0.25, 0.3) is 10.8 Å². The van der Waals surface area contributed by atoms with Crippen LogP contribution in [-0.4, -0.2) is 36.2 Å². The van der Waals surface area contributed by atoms with E-state index in [4.69, 9.17) is 11.5 Å². The first kappa shape index (κ1) is 42.8. The van der Waals surface area contributed by atoms with Gasteiger partial charge in [0.15, 0.2) is 0 Å². The smallest absolute Gasteiger partial charge is 0.240 e. The van der Waals surface area contributed by atoms with Gasteiger partial charge in [-0.3, -0.25) is 19.2 Å². The molecule has 52 heavy (non-hydrogen) atoms. The third kappa shape index (κ3) is 16.6. The second-order valence-electron chi connectivity index (χ2n) is 11.9. The Morgan fingerprint density at radius 1 is 0.808 bits per heavy atom.